The van der Waals surface area contributed by atoms with Crippen LogP contribution in [0.15, 0.2) is 47.3 Å². The van der Waals surface area contributed by atoms with Gasteiger partial charge in [-0.15, -0.1) is 0 Å². The number of ether oxygens (including phenoxy) is 1. The fourth-order valence-corrected chi connectivity index (χ4v) is 3.52. The first-order valence-corrected chi connectivity index (χ1v) is 7.48. The summed E-state index contributed by atoms with van der Waals surface area (Å²) < 4.78 is 7.15. The Hall–Kier alpha value is -2.55. The van der Waals surface area contributed by atoms with E-state index in [1.54, 1.807) is 11.7 Å². The van der Waals surface area contributed by atoms with Gasteiger partial charge in [0.2, 0.25) is 0 Å². The highest BCUT2D eigenvalue weighted by molar-refractivity contribution is 5.91. The molecule has 0 aliphatic heterocycles. The number of methoxy groups -OCH3 is 1. The van der Waals surface area contributed by atoms with Crippen LogP contribution < -0.4 is 10.3 Å². The van der Waals surface area contributed by atoms with Crippen LogP contribution in [0.25, 0.3) is 22.0 Å². The average Bonchev–Trinajstić information content (AvgIpc) is 2.58. The maximum atomic E-state index is 12.7. The number of rotatable bonds is 1. The molecule has 0 bridgehead atoms. The number of hydrogen-bond acceptors (Lipinski definition) is 2. The van der Waals surface area contributed by atoms with Crippen molar-refractivity contribution in [3.8, 4) is 17.0 Å². The average molecular weight is 291 g/mol. The summed E-state index contributed by atoms with van der Waals surface area (Å²) in [6, 6.07) is 14.0. The Morgan fingerprint density at radius 2 is 1.82 bits per heavy atom. The van der Waals surface area contributed by atoms with Gasteiger partial charge in [0.05, 0.1) is 12.8 Å². The Kier molecular flexibility index (Phi) is 2.83. The van der Waals surface area contributed by atoms with Gasteiger partial charge in [-0.1, -0.05) is 24.3 Å². The number of fused-ring (bicyclic) bond motifs is 5. The zero-order valence-electron chi connectivity index (χ0n) is 12.7. The molecule has 0 amide bonds. The Balaban J connectivity index is 2.15. The van der Waals surface area contributed by atoms with Gasteiger partial charge in [0.15, 0.2) is 0 Å². The molecule has 0 fully saturated rings. The molecule has 0 radical (unpaired) electrons. The SMILES string of the molecule is COc1ccc2c(c1)-c1c(c3ccccc3c(=O)n1C)CC2. The van der Waals surface area contributed by atoms with Crippen LogP contribution >= 0.6 is 0 Å². The van der Waals surface area contributed by atoms with Crippen molar-refractivity contribution in [2.75, 3.05) is 7.11 Å². The maximum Gasteiger partial charge on any atom is 0.258 e. The van der Waals surface area contributed by atoms with Crippen molar-refractivity contribution in [1.82, 2.24) is 4.57 Å². The summed E-state index contributed by atoms with van der Waals surface area (Å²) in [6.45, 7) is 0. The van der Waals surface area contributed by atoms with Crippen LogP contribution in [0.5, 0.6) is 5.75 Å². The number of pyridine rings is 1. The van der Waals surface area contributed by atoms with E-state index in [1.807, 2.05) is 37.4 Å². The molecule has 3 heteroatoms. The smallest absolute Gasteiger partial charge is 0.258 e. The molecule has 22 heavy (non-hydrogen) atoms. The van der Waals surface area contributed by atoms with Crippen molar-refractivity contribution in [1.29, 1.82) is 0 Å². The molecule has 110 valence electrons. The quantitative estimate of drug-likeness (QED) is 0.689. The van der Waals surface area contributed by atoms with E-state index in [2.05, 4.69) is 12.1 Å². The van der Waals surface area contributed by atoms with E-state index >= 15 is 0 Å². The Bertz CT molecular complexity index is 954. The number of hydrogen-bond donors (Lipinski definition) is 0. The summed E-state index contributed by atoms with van der Waals surface area (Å²) in [6.07, 6.45) is 1.96. The number of nitrogens with zero attached hydrogens (tertiary/aromatic N) is 1. The predicted octanol–water partition coefficient (Wildman–Crippen LogP) is 3.31. The molecule has 1 aromatic heterocycles. The van der Waals surface area contributed by atoms with Crippen molar-refractivity contribution in [3.63, 3.8) is 0 Å². The van der Waals surface area contributed by atoms with E-state index in [9.17, 15) is 4.79 Å². The number of benzene rings is 2. The second-order valence-electron chi connectivity index (χ2n) is 5.76. The zero-order chi connectivity index (χ0) is 15.3. The topological polar surface area (TPSA) is 31.2 Å². The third kappa shape index (κ3) is 1.72. The van der Waals surface area contributed by atoms with Gasteiger partial charge in [-0.2, -0.15) is 0 Å². The van der Waals surface area contributed by atoms with E-state index in [0.717, 1.165) is 40.6 Å². The van der Waals surface area contributed by atoms with Crippen molar-refractivity contribution < 1.29 is 4.74 Å². The lowest BCUT2D eigenvalue weighted by molar-refractivity contribution is 0.414. The molecule has 2 aromatic carbocycles. The number of aryl methyl sites for hydroxylation is 2. The normalized spacial score (nSPS) is 12.8. The lowest BCUT2D eigenvalue weighted by Crippen LogP contribution is -2.23. The summed E-state index contributed by atoms with van der Waals surface area (Å²) in [4.78, 5) is 12.7. The molecule has 0 N–H and O–H groups in total. The van der Waals surface area contributed by atoms with Crippen molar-refractivity contribution >= 4 is 10.8 Å². The molecule has 4 rings (SSSR count). The van der Waals surface area contributed by atoms with E-state index in [0.29, 0.717) is 0 Å². The van der Waals surface area contributed by atoms with Crippen LogP contribution in [0.4, 0.5) is 0 Å². The highest BCUT2D eigenvalue weighted by atomic mass is 16.5. The molecule has 3 nitrogen and oxygen atoms in total. The van der Waals surface area contributed by atoms with E-state index in [-0.39, 0.29) is 5.56 Å². The van der Waals surface area contributed by atoms with Crippen LogP contribution in [0.3, 0.4) is 0 Å². The molecule has 1 aliphatic rings. The van der Waals surface area contributed by atoms with Crippen LogP contribution in [0.2, 0.25) is 0 Å². The van der Waals surface area contributed by atoms with Gasteiger partial charge in [-0.3, -0.25) is 4.79 Å². The molecule has 1 heterocycles. The first-order valence-electron chi connectivity index (χ1n) is 7.48. The third-order valence-corrected chi connectivity index (χ3v) is 4.62. The largest absolute Gasteiger partial charge is 0.497 e. The van der Waals surface area contributed by atoms with E-state index in [4.69, 9.17) is 4.74 Å². The molecule has 0 atom stereocenters. The summed E-state index contributed by atoms with van der Waals surface area (Å²) in [5.74, 6) is 0.826. The Morgan fingerprint density at radius 1 is 1.05 bits per heavy atom. The molecular weight excluding hydrogens is 274 g/mol. The lowest BCUT2D eigenvalue weighted by Gasteiger charge is -2.24. The molecule has 0 spiro atoms. The second kappa shape index (κ2) is 4.73. The Labute approximate surface area is 128 Å². The minimum atomic E-state index is 0.0602. The predicted molar refractivity (Wildman–Crippen MR) is 88.6 cm³/mol. The zero-order valence-corrected chi connectivity index (χ0v) is 12.7. The standard InChI is InChI=1S/C19H17NO2/c1-20-18-15(14-5-3-4-6-16(14)19(20)21)10-8-12-7-9-13(22-2)11-17(12)18/h3-7,9,11H,8,10H2,1-2H3. The fraction of sp³-hybridized carbons (Fsp3) is 0.211. The van der Waals surface area contributed by atoms with Crippen LogP contribution in [0, 0.1) is 0 Å². The summed E-state index contributed by atoms with van der Waals surface area (Å²) in [5, 5.41) is 1.88. The third-order valence-electron chi connectivity index (χ3n) is 4.62. The molecule has 3 aromatic rings. The molecule has 1 aliphatic carbocycles. The minimum Gasteiger partial charge on any atom is -0.497 e. The summed E-state index contributed by atoms with van der Waals surface area (Å²) >= 11 is 0. The number of aromatic nitrogens is 1. The molecular formula is C19H17NO2. The van der Waals surface area contributed by atoms with Gasteiger partial charge in [0.25, 0.3) is 5.56 Å². The highest BCUT2D eigenvalue weighted by Crippen LogP contribution is 2.37. The van der Waals surface area contributed by atoms with Gasteiger partial charge in [0, 0.05) is 18.0 Å². The Morgan fingerprint density at radius 3 is 2.59 bits per heavy atom. The molecule has 0 saturated heterocycles. The van der Waals surface area contributed by atoms with Crippen molar-refractivity contribution in [3.05, 3.63) is 63.9 Å². The maximum absolute atomic E-state index is 12.7. The fourth-order valence-electron chi connectivity index (χ4n) is 3.52. The van der Waals surface area contributed by atoms with E-state index in [1.165, 1.54) is 11.1 Å². The minimum absolute atomic E-state index is 0.0602. The molecule has 0 saturated carbocycles. The second-order valence-corrected chi connectivity index (χ2v) is 5.76. The van der Waals surface area contributed by atoms with Gasteiger partial charge in [-0.25, -0.2) is 0 Å². The summed E-state index contributed by atoms with van der Waals surface area (Å²) in [5.41, 5.74) is 4.75. The van der Waals surface area contributed by atoms with Crippen molar-refractivity contribution in [2.45, 2.75) is 12.8 Å². The first-order chi connectivity index (χ1) is 10.7. The van der Waals surface area contributed by atoms with Crippen LogP contribution in [-0.4, -0.2) is 11.7 Å². The summed E-state index contributed by atoms with van der Waals surface area (Å²) in [7, 11) is 3.53. The van der Waals surface area contributed by atoms with Crippen LogP contribution in [0.1, 0.15) is 11.1 Å². The van der Waals surface area contributed by atoms with Crippen LogP contribution in [-0.2, 0) is 19.9 Å². The molecule has 0 unspecified atom stereocenters. The van der Waals surface area contributed by atoms with Gasteiger partial charge >= 0.3 is 0 Å². The highest BCUT2D eigenvalue weighted by Gasteiger charge is 2.22. The van der Waals surface area contributed by atoms with Gasteiger partial charge < -0.3 is 9.30 Å². The first kappa shape index (κ1) is 13.1. The van der Waals surface area contributed by atoms with Gasteiger partial charge in [0.1, 0.15) is 5.75 Å². The van der Waals surface area contributed by atoms with E-state index < -0.39 is 0 Å². The lowest BCUT2D eigenvalue weighted by atomic mass is 9.86. The van der Waals surface area contributed by atoms with Crippen molar-refractivity contribution in [2.24, 2.45) is 7.05 Å². The monoisotopic (exact) mass is 291 g/mol. The van der Waals surface area contributed by atoms with Gasteiger partial charge in [-0.05, 0) is 47.6 Å².